The number of rotatable bonds is 6. The van der Waals surface area contributed by atoms with Crippen molar-refractivity contribution in [1.29, 1.82) is 0 Å². The number of benzene rings is 1. The number of aromatic nitrogens is 2. The van der Waals surface area contributed by atoms with Crippen LogP contribution in [0, 0.1) is 23.5 Å². The van der Waals surface area contributed by atoms with Gasteiger partial charge in [-0.3, -0.25) is 0 Å². The van der Waals surface area contributed by atoms with E-state index < -0.39 is 11.6 Å². The lowest BCUT2D eigenvalue weighted by Gasteiger charge is -2.22. The summed E-state index contributed by atoms with van der Waals surface area (Å²) in [5.74, 6) is 0.739. The van der Waals surface area contributed by atoms with E-state index >= 15 is 0 Å². The molecular weight excluding hydrogens is 322 g/mol. The maximum absolute atomic E-state index is 13.5. The number of halogens is 2. The molecule has 1 aliphatic heterocycles. The second-order valence-electron chi connectivity index (χ2n) is 7.32. The van der Waals surface area contributed by atoms with Gasteiger partial charge in [0.05, 0.1) is 6.04 Å². The predicted octanol–water partition coefficient (Wildman–Crippen LogP) is 3.27. The lowest BCUT2D eigenvalue weighted by Crippen LogP contribution is -2.32. The van der Waals surface area contributed by atoms with Gasteiger partial charge in [-0.2, -0.15) is 0 Å². The lowest BCUT2D eigenvalue weighted by molar-refractivity contribution is 0.404. The minimum absolute atomic E-state index is 0.317. The van der Waals surface area contributed by atoms with Gasteiger partial charge < -0.3 is 14.8 Å². The van der Waals surface area contributed by atoms with E-state index in [1.54, 1.807) is 6.07 Å². The number of anilines is 1. The first kappa shape index (κ1) is 16.5. The molecule has 0 amide bonds. The number of nitrogens with zero attached hydrogens (tertiary/aromatic N) is 3. The Bertz CT molecular complexity index is 741. The quantitative estimate of drug-likeness (QED) is 0.871. The average molecular weight is 346 g/mol. The van der Waals surface area contributed by atoms with Gasteiger partial charge in [-0.05, 0) is 43.2 Å². The maximum Gasteiger partial charge on any atom is 0.160 e. The second-order valence-corrected chi connectivity index (χ2v) is 7.32. The van der Waals surface area contributed by atoms with Crippen LogP contribution in [-0.2, 0) is 7.05 Å². The third-order valence-corrected chi connectivity index (χ3v) is 5.41. The molecule has 2 atom stereocenters. The van der Waals surface area contributed by atoms with Gasteiger partial charge in [-0.25, -0.2) is 13.8 Å². The minimum Gasteiger partial charge on any atom is -0.371 e. The molecule has 1 aromatic carbocycles. The molecule has 0 spiro atoms. The van der Waals surface area contributed by atoms with Crippen LogP contribution in [0.1, 0.15) is 31.1 Å². The van der Waals surface area contributed by atoms with Crippen LogP contribution in [0.2, 0.25) is 0 Å². The van der Waals surface area contributed by atoms with E-state index in [1.165, 1.54) is 25.0 Å². The normalized spacial score (nSPS) is 21.7. The highest BCUT2D eigenvalue weighted by atomic mass is 19.2. The highest BCUT2D eigenvalue weighted by Crippen LogP contribution is 2.40. The molecule has 0 bridgehead atoms. The summed E-state index contributed by atoms with van der Waals surface area (Å²) in [6, 6.07) is 4.49. The minimum atomic E-state index is -0.788. The predicted molar refractivity (Wildman–Crippen MR) is 93.4 cm³/mol. The highest BCUT2D eigenvalue weighted by molar-refractivity contribution is 5.47. The Morgan fingerprint density at radius 3 is 2.76 bits per heavy atom. The molecule has 6 heteroatoms. The van der Waals surface area contributed by atoms with Crippen molar-refractivity contribution in [2.75, 3.05) is 24.5 Å². The van der Waals surface area contributed by atoms with Crippen molar-refractivity contribution in [1.82, 2.24) is 14.9 Å². The molecule has 0 unspecified atom stereocenters. The van der Waals surface area contributed by atoms with E-state index in [0.29, 0.717) is 17.9 Å². The number of aryl methyl sites for hydroxylation is 1. The van der Waals surface area contributed by atoms with Gasteiger partial charge in [0.1, 0.15) is 5.82 Å². The molecule has 0 radical (unpaired) electrons. The Kier molecular flexibility index (Phi) is 4.46. The fraction of sp³-hybridized carbons (Fsp3) is 0.526. The van der Waals surface area contributed by atoms with Gasteiger partial charge in [-0.15, -0.1) is 0 Å². The number of nitrogens with one attached hydrogen (secondary N) is 1. The molecule has 2 aromatic rings. The molecule has 1 saturated carbocycles. The van der Waals surface area contributed by atoms with Crippen LogP contribution in [0.3, 0.4) is 0 Å². The topological polar surface area (TPSA) is 33.1 Å². The summed E-state index contributed by atoms with van der Waals surface area (Å²) in [5.41, 5.74) is 0.768. The van der Waals surface area contributed by atoms with Crippen LogP contribution in [-0.4, -0.2) is 29.2 Å². The third-order valence-electron chi connectivity index (χ3n) is 5.41. The summed E-state index contributed by atoms with van der Waals surface area (Å²) in [6.45, 7) is 2.68. The molecule has 25 heavy (non-hydrogen) atoms. The average Bonchev–Trinajstić information content (AvgIpc) is 3.17. The van der Waals surface area contributed by atoms with Crippen LogP contribution in [0.5, 0.6) is 0 Å². The zero-order valence-electron chi connectivity index (χ0n) is 14.5. The van der Waals surface area contributed by atoms with E-state index in [0.717, 1.165) is 37.6 Å². The molecule has 4 nitrogen and oxygen atoms in total. The van der Waals surface area contributed by atoms with E-state index in [-0.39, 0.29) is 0 Å². The zero-order chi connectivity index (χ0) is 17.4. The Balaban J connectivity index is 1.36. The van der Waals surface area contributed by atoms with Crippen molar-refractivity contribution in [3.63, 3.8) is 0 Å². The van der Waals surface area contributed by atoms with Crippen LogP contribution < -0.4 is 10.2 Å². The molecule has 2 aliphatic rings. The van der Waals surface area contributed by atoms with Crippen molar-refractivity contribution < 1.29 is 8.78 Å². The monoisotopic (exact) mass is 346 g/mol. The molecule has 1 N–H and O–H groups in total. The van der Waals surface area contributed by atoms with Crippen molar-refractivity contribution >= 4 is 5.69 Å². The Labute approximate surface area is 146 Å². The van der Waals surface area contributed by atoms with Crippen molar-refractivity contribution in [3.05, 3.63) is 48.1 Å². The summed E-state index contributed by atoms with van der Waals surface area (Å²) in [5, 5.41) is 3.72. The summed E-state index contributed by atoms with van der Waals surface area (Å²) >= 11 is 0. The van der Waals surface area contributed by atoms with Crippen molar-refractivity contribution in [3.8, 4) is 0 Å². The summed E-state index contributed by atoms with van der Waals surface area (Å²) in [7, 11) is 2.04. The third kappa shape index (κ3) is 3.54. The standard InChI is InChI=1S/C19H24F2N4/c1-24-9-7-22-19(24)18(14-2-3-14)23-11-13-6-8-25(12-13)15-4-5-16(20)17(21)10-15/h4-5,7,9-10,13-14,18,23H,2-3,6,8,11-12H2,1H3/t13-,18+/m0/s1. The van der Waals surface area contributed by atoms with Crippen LogP contribution in [0.15, 0.2) is 30.6 Å². The van der Waals surface area contributed by atoms with E-state index in [9.17, 15) is 8.78 Å². The molecule has 134 valence electrons. The lowest BCUT2D eigenvalue weighted by atomic mass is 10.1. The largest absolute Gasteiger partial charge is 0.371 e. The van der Waals surface area contributed by atoms with Gasteiger partial charge in [-0.1, -0.05) is 0 Å². The first-order valence-corrected chi connectivity index (χ1v) is 9.02. The van der Waals surface area contributed by atoms with Gasteiger partial charge in [0.2, 0.25) is 0 Å². The summed E-state index contributed by atoms with van der Waals surface area (Å²) in [4.78, 5) is 6.66. The first-order valence-electron chi connectivity index (χ1n) is 9.02. The smallest absolute Gasteiger partial charge is 0.160 e. The van der Waals surface area contributed by atoms with Gasteiger partial charge in [0.15, 0.2) is 11.6 Å². The molecular formula is C19H24F2N4. The summed E-state index contributed by atoms with van der Waals surface area (Å²) in [6.07, 6.45) is 7.43. The zero-order valence-corrected chi connectivity index (χ0v) is 14.5. The second kappa shape index (κ2) is 6.75. The number of imidazole rings is 1. The van der Waals surface area contributed by atoms with E-state index in [1.807, 2.05) is 19.4 Å². The Morgan fingerprint density at radius 2 is 2.08 bits per heavy atom. The molecule has 2 heterocycles. The Hall–Kier alpha value is -1.95. The van der Waals surface area contributed by atoms with Gasteiger partial charge in [0.25, 0.3) is 0 Å². The molecule has 4 rings (SSSR count). The van der Waals surface area contributed by atoms with E-state index in [2.05, 4.69) is 19.8 Å². The van der Waals surface area contributed by atoms with Crippen LogP contribution >= 0.6 is 0 Å². The molecule has 2 fully saturated rings. The Morgan fingerprint density at radius 1 is 1.24 bits per heavy atom. The molecule has 1 aromatic heterocycles. The van der Waals surface area contributed by atoms with Crippen molar-refractivity contribution in [2.24, 2.45) is 18.9 Å². The van der Waals surface area contributed by atoms with Gasteiger partial charge in [0, 0.05) is 50.8 Å². The van der Waals surface area contributed by atoms with Crippen molar-refractivity contribution in [2.45, 2.75) is 25.3 Å². The summed E-state index contributed by atoms with van der Waals surface area (Å²) < 4.78 is 28.7. The van der Waals surface area contributed by atoms with Gasteiger partial charge >= 0.3 is 0 Å². The molecule has 1 saturated heterocycles. The number of hydrogen-bond donors (Lipinski definition) is 1. The van der Waals surface area contributed by atoms with E-state index in [4.69, 9.17) is 0 Å². The maximum atomic E-state index is 13.5. The fourth-order valence-electron chi connectivity index (χ4n) is 3.78. The number of hydrogen-bond acceptors (Lipinski definition) is 3. The SMILES string of the molecule is Cn1ccnc1[C@H](NC[C@@H]1CCN(c2ccc(F)c(F)c2)C1)C1CC1. The molecule has 1 aliphatic carbocycles. The van der Waals surface area contributed by atoms with Crippen LogP contribution in [0.25, 0.3) is 0 Å². The van der Waals surface area contributed by atoms with Crippen LogP contribution in [0.4, 0.5) is 14.5 Å². The first-order chi connectivity index (χ1) is 12.1. The fourth-order valence-corrected chi connectivity index (χ4v) is 3.78. The highest BCUT2D eigenvalue weighted by Gasteiger charge is 2.35.